The van der Waals surface area contributed by atoms with Crippen LogP contribution in [-0.4, -0.2) is 46.1 Å². The van der Waals surface area contributed by atoms with Crippen LogP contribution in [0.1, 0.15) is 64.3 Å². The van der Waals surface area contributed by atoms with Crippen LogP contribution >= 0.6 is 0 Å². The normalized spacial score (nSPS) is 11.3. The maximum atomic E-state index is 13.4. The van der Waals surface area contributed by atoms with Crippen molar-refractivity contribution in [2.45, 2.75) is 60.1 Å². The van der Waals surface area contributed by atoms with Crippen LogP contribution in [0.3, 0.4) is 0 Å². The van der Waals surface area contributed by atoms with E-state index in [2.05, 4.69) is 64.7 Å². The van der Waals surface area contributed by atoms with E-state index in [-0.39, 0.29) is 23.2 Å². The Morgan fingerprint density at radius 1 is 1.14 bits per heavy atom. The van der Waals surface area contributed by atoms with E-state index in [1.165, 1.54) is 44.1 Å². The van der Waals surface area contributed by atoms with Crippen LogP contribution in [-0.2, 0) is 17.4 Å². The predicted molar refractivity (Wildman–Crippen MR) is 165 cm³/mol. The van der Waals surface area contributed by atoms with Crippen LogP contribution in [0.15, 0.2) is 72.0 Å². The molecule has 1 aromatic carbocycles. The number of benzene rings is 1. The summed E-state index contributed by atoms with van der Waals surface area (Å²) in [6, 6.07) is 7.38. The number of carbonyl (C=O) groups excluding carboxylic acids is 1. The van der Waals surface area contributed by atoms with Crippen molar-refractivity contribution in [2.24, 2.45) is 0 Å². The molecule has 1 amide bonds. The van der Waals surface area contributed by atoms with Crippen molar-refractivity contribution in [3.8, 4) is 11.8 Å². The Bertz CT molecular complexity index is 1480. The van der Waals surface area contributed by atoms with E-state index in [0.29, 0.717) is 16.9 Å². The fraction of sp³-hybridized carbons (Fsp3) is 0.364. The Balaban J connectivity index is 0.000000675. The molecule has 0 aliphatic carbocycles. The maximum absolute atomic E-state index is 13.4. The summed E-state index contributed by atoms with van der Waals surface area (Å²) in [6.07, 6.45) is 2.78. The molecule has 0 radical (unpaired) electrons. The molecule has 0 aliphatic heterocycles. The summed E-state index contributed by atoms with van der Waals surface area (Å²) in [5, 5.41) is 10.2. The van der Waals surface area contributed by atoms with Gasteiger partial charge in [0, 0.05) is 23.0 Å². The lowest BCUT2D eigenvalue weighted by Crippen LogP contribution is -2.19. The van der Waals surface area contributed by atoms with Crippen LogP contribution in [0, 0.1) is 11.8 Å². The number of aryl methyl sites for hydroxylation is 1. The second kappa shape index (κ2) is 16.3. The van der Waals surface area contributed by atoms with Gasteiger partial charge in [-0.05, 0) is 95.1 Å². The standard InChI is InChI=1S/C26H23F3N4O.C7H17N/c1-5-17-9-11-20(15-22(17)26(27,28)29)31-25(34)18(6-2)14-19(16(3)4)10-12-23-21-8-7-13-30-24(21)33-32-23;1-4-6-8(3)7-5-2/h6-9,11,13-15H,2,5H2,1,3-4H3,(H,31,34)(H,30,32,33);4-7H2,1-3H3/b18-14+;. The van der Waals surface area contributed by atoms with E-state index < -0.39 is 17.6 Å². The van der Waals surface area contributed by atoms with Crippen molar-refractivity contribution in [2.75, 3.05) is 25.5 Å². The third-order valence-corrected chi connectivity index (χ3v) is 6.24. The Hall–Kier alpha value is -4.16. The van der Waals surface area contributed by atoms with Crippen molar-refractivity contribution >= 4 is 22.6 Å². The van der Waals surface area contributed by atoms with Gasteiger partial charge in [0.15, 0.2) is 5.65 Å². The Kier molecular flexibility index (Phi) is 13.2. The Morgan fingerprint density at radius 3 is 2.40 bits per heavy atom. The molecule has 9 heteroatoms. The number of H-pyrrole nitrogens is 1. The van der Waals surface area contributed by atoms with Gasteiger partial charge in [0.1, 0.15) is 5.69 Å². The molecule has 6 nitrogen and oxygen atoms in total. The molecule has 0 atom stereocenters. The quantitative estimate of drug-likeness (QED) is 0.155. The number of pyridine rings is 1. The SMILES string of the molecule is C=C/C(=C\C(C#Cc1[nH]nc2ncccc12)=C(C)C)C(=O)Nc1ccc(CC)c(C(F)(F)F)c1.CCCN(C)CCC. The molecule has 3 aromatic rings. The molecule has 0 fully saturated rings. The van der Waals surface area contributed by atoms with Gasteiger partial charge in [0.25, 0.3) is 5.91 Å². The number of hydrogen-bond donors (Lipinski definition) is 2. The van der Waals surface area contributed by atoms with Crippen LogP contribution in [0.2, 0.25) is 0 Å². The number of nitrogens with one attached hydrogen (secondary N) is 2. The molecule has 2 heterocycles. The summed E-state index contributed by atoms with van der Waals surface area (Å²) in [6.45, 7) is 15.9. The topological polar surface area (TPSA) is 73.9 Å². The highest BCUT2D eigenvalue weighted by Crippen LogP contribution is 2.34. The minimum absolute atomic E-state index is 0.0449. The number of nitrogens with zero attached hydrogens (tertiary/aromatic N) is 3. The number of aromatic amines is 1. The second-order valence-electron chi connectivity index (χ2n) is 9.92. The van der Waals surface area contributed by atoms with Crippen molar-refractivity contribution in [3.05, 3.63) is 88.8 Å². The molecule has 0 saturated carbocycles. The fourth-order valence-electron chi connectivity index (χ4n) is 4.06. The summed E-state index contributed by atoms with van der Waals surface area (Å²) in [5.74, 6) is 5.43. The van der Waals surface area contributed by atoms with Crippen molar-refractivity contribution < 1.29 is 18.0 Å². The number of alkyl halides is 3. The Labute approximate surface area is 246 Å². The van der Waals surface area contributed by atoms with Gasteiger partial charge < -0.3 is 10.2 Å². The molecule has 2 N–H and O–H groups in total. The second-order valence-corrected chi connectivity index (χ2v) is 9.92. The predicted octanol–water partition coefficient (Wildman–Crippen LogP) is 7.72. The van der Waals surface area contributed by atoms with Crippen LogP contribution in [0.4, 0.5) is 18.9 Å². The van der Waals surface area contributed by atoms with Crippen LogP contribution in [0.5, 0.6) is 0 Å². The molecule has 0 spiro atoms. The van der Waals surface area contributed by atoms with Crippen molar-refractivity contribution in [1.29, 1.82) is 0 Å². The van der Waals surface area contributed by atoms with Gasteiger partial charge in [-0.15, -0.1) is 0 Å². The van der Waals surface area contributed by atoms with Crippen molar-refractivity contribution in [3.63, 3.8) is 0 Å². The van der Waals surface area contributed by atoms with E-state index >= 15 is 0 Å². The van der Waals surface area contributed by atoms with Crippen LogP contribution < -0.4 is 5.32 Å². The molecular weight excluding hydrogens is 539 g/mol. The lowest BCUT2D eigenvalue weighted by atomic mass is 10.0. The highest BCUT2D eigenvalue weighted by molar-refractivity contribution is 6.06. The molecule has 0 saturated heterocycles. The zero-order valence-electron chi connectivity index (χ0n) is 25.2. The average Bonchev–Trinajstić information content (AvgIpc) is 3.36. The summed E-state index contributed by atoms with van der Waals surface area (Å²) < 4.78 is 40.1. The molecule has 224 valence electrons. The van der Waals surface area contributed by atoms with Gasteiger partial charge in [0.2, 0.25) is 0 Å². The van der Waals surface area contributed by atoms with Crippen LogP contribution in [0.25, 0.3) is 11.0 Å². The first-order valence-electron chi connectivity index (χ1n) is 14.0. The van der Waals surface area contributed by atoms with Gasteiger partial charge in [-0.25, -0.2) is 4.98 Å². The fourth-order valence-corrected chi connectivity index (χ4v) is 4.06. The van der Waals surface area contributed by atoms with Crippen molar-refractivity contribution in [1.82, 2.24) is 20.1 Å². The largest absolute Gasteiger partial charge is 0.416 e. The number of carbonyl (C=O) groups is 1. The van der Waals surface area contributed by atoms with E-state index in [9.17, 15) is 18.0 Å². The van der Waals surface area contributed by atoms with E-state index in [1.54, 1.807) is 25.3 Å². The maximum Gasteiger partial charge on any atom is 0.416 e. The molecule has 0 unspecified atom stereocenters. The first-order chi connectivity index (χ1) is 19.9. The number of halogens is 3. The van der Waals surface area contributed by atoms with Gasteiger partial charge >= 0.3 is 6.18 Å². The summed E-state index contributed by atoms with van der Waals surface area (Å²) in [4.78, 5) is 19.3. The number of aromatic nitrogens is 3. The molecule has 0 bridgehead atoms. The zero-order chi connectivity index (χ0) is 31.3. The number of amides is 1. The lowest BCUT2D eigenvalue weighted by molar-refractivity contribution is -0.138. The van der Waals surface area contributed by atoms with Gasteiger partial charge in [0.05, 0.1) is 10.9 Å². The summed E-state index contributed by atoms with van der Waals surface area (Å²) in [5.41, 5.74) is 2.12. The molecular formula is C33H40F3N5O. The smallest absolute Gasteiger partial charge is 0.322 e. The lowest BCUT2D eigenvalue weighted by Gasteiger charge is -2.14. The average molecular weight is 580 g/mol. The first-order valence-corrected chi connectivity index (χ1v) is 14.0. The van der Waals surface area contributed by atoms with Gasteiger partial charge in [-0.3, -0.25) is 9.89 Å². The number of hydrogen-bond acceptors (Lipinski definition) is 4. The highest BCUT2D eigenvalue weighted by atomic mass is 19.4. The van der Waals surface area contributed by atoms with Gasteiger partial charge in [-0.1, -0.05) is 51.0 Å². The third kappa shape index (κ3) is 10.0. The molecule has 2 aromatic heterocycles. The molecule has 3 rings (SSSR count). The van der Waals surface area contributed by atoms with E-state index in [0.717, 1.165) is 17.0 Å². The minimum Gasteiger partial charge on any atom is -0.322 e. The number of rotatable bonds is 9. The summed E-state index contributed by atoms with van der Waals surface area (Å²) in [7, 11) is 2.17. The highest BCUT2D eigenvalue weighted by Gasteiger charge is 2.33. The first kappa shape index (κ1) is 34.0. The third-order valence-electron chi connectivity index (χ3n) is 6.24. The molecule has 0 aliphatic rings. The van der Waals surface area contributed by atoms with E-state index in [1.807, 2.05) is 19.9 Å². The zero-order valence-corrected chi connectivity index (χ0v) is 25.2. The monoisotopic (exact) mass is 579 g/mol. The Morgan fingerprint density at radius 2 is 1.83 bits per heavy atom. The van der Waals surface area contributed by atoms with Gasteiger partial charge in [-0.2, -0.15) is 18.3 Å². The summed E-state index contributed by atoms with van der Waals surface area (Å²) >= 11 is 0. The minimum atomic E-state index is -4.51. The van der Waals surface area contributed by atoms with E-state index in [4.69, 9.17) is 0 Å². The number of allylic oxidation sites excluding steroid dienone is 3. The number of anilines is 1. The molecule has 42 heavy (non-hydrogen) atoms. The number of fused-ring (bicyclic) bond motifs is 1.